The van der Waals surface area contributed by atoms with Gasteiger partial charge >= 0.3 is 0 Å². The number of nitrogens with two attached hydrogens (primary N) is 1. The third-order valence-corrected chi connectivity index (χ3v) is 5.58. The molecule has 2 aromatic rings. The highest BCUT2D eigenvalue weighted by molar-refractivity contribution is 7.85. The van der Waals surface area contributed by atoms with E-state index in [2.05, 4.69) is 10.6 Å². The van der Waals surface area contributed by atoms with E-state index in [9.17, 15) is 23.1 Å². The van der Waals surface area contributed by atoms with E-state index in [1.165, 1.54) is 12.1 Å². The number of benzene rings is 2. The van der Waals surface area contributed by atoms with Gasteiger partial charge in [0.15, 0.2) is 0 Å². The second-order valence-electron chi connectivity index (χ2n) is 7.51. The SMILES string of the molecule is N[C@H](Cc1ccccc1)C(=O)N[C@H](Cc1ccc(O)cc1)C(=O)NCCCCS(=O)(=O)O. The minimum absolute atomic E-state index is 0.0857. The van der Waals surface area contributed by atoms with Crippen LogP contribution in [-0.4, -0.2) is 54.3 Å². The number of aromatic hydroxyl groups is 1. The molecule has 0 aromatic heterocycles. The number of carbonyl (C=O) groups is 2. The van der Waals surface area contributed by atoms with Crippen LogP contribution in [0, 0.1) is 0 Å². The van der Waals surface area contributed by atoms with Gasteiger partial charge in [-0.1, -0.05) is 42.5 Å². The van der Waals surface area contributed by atoms with E-state index in [-0.39, 0.29) is 30.9 Å². The van der Waals surface area contributed by atoms with Crippen LogP contribution < -0.4 is 16.4 Å². The van der Waals surface area contributed by atoms with Crippen molar-refractivity contribution in [2.45, 2.75) is 37.8 Å². The average molecular weight is 464 g/mol. The number of amides is 2. The molecule has 0 radical (unpaired) electrons. The Morgan fingerprint density at radius 1 is 0.906 bits per heavy atom. The number of nitrogens with one attached hydrogen (secondary N) is 2. The van der Waals surface area contributed by atoms with Crippen molar-refractivity contribution in [3.8, 4) is 5.75 Å². The molecule has 10 heteroatoms. The molecule has 0 aliphatic rings. The first kappa shape index (κ1) is 25.3. The molecule has 0 saturated heterocycles. The molecule has 6 N–H and O–H groups in total. The van der Waals surface area contributed by atoms with Crippen LogP contribution in [0.25, 0.3) is 0 Å². The lowest BCUT2D eigenvalue weighted by Gasteiger charge is -2.21. The molecule has 9 nitrogen and oxygen atoms in total. The van der Waals surface area contributed by atoms with Gasteiger partial charge < -0.3 is 21.5 Å². The molecule has 0 aliphatic heterocycles. The van der Waals surface area contributed by atoms with Gasteiger partial charge in [-0.3, -0.25) is 14.1 Å². The highest BCUT2D eigenvalue weighted by Gasteiger charge is 2.24. The fraction of sp³-hybridized carbons (Fsp3) is 0.364. The Balaban J connectivity index is 1.98. The Labute approximate surface area is 187 Å². The molecular weight excluding hydrogens is 434 g/mol. The zero-order chi connectivity index (χ0) is 23.6. The van der Waals surface area contributed by atoms with Gasteiger partial charge in [0.2, 0.25) is 11.8 Å². The number of hydrogen-bond acceptors (Lipinski definition) is 6. The Bertz CT molecular complexity index is 980. The zero-order valence-electron chi connectivity index (χ0n) is 17.6. The Morgan fingerprint density at radius 2 is 1.53 bits per heavy atom. The summed E-state index contributed by atoms with van der Waals surface area (Å²) < 4.78 is 30.3. The number of hydrogen-bond donors (Lipinski definition) is 5. The molecule has 2 amide bonds. The highest BCUT2D eigenvalue weighted by Crippen LogP contribution is 2.12. The quantitative estimate of drug-likeness (QED) is 0.230. The summed E-state index contributed by atoms with van der Waals surface area (Å²) in [6.45, 7) is 0.187. The molecule has 0 spiro atoms. The second kappa shape index (κ2) is 12.2. The van der Waals surface area contributed by atoms with E-state index in [0.717, 1.165) is 11.1 Å². The van der Waals surface area contributed by atoms with Gasteiger partial charge in [0.05, 0.1) is 11.8 Å². The largest absolute Gasteiger partial charge is 0.508 e. The topological polar surface area (TPSA) is 159 Å². The molecule has 2 aromatic carbocycles. The molecule has 0 unspecified atom stereocenters. The minimum Gasteiger partial charge on any atom is -0.508 e. The van der Waals surface area contributed by atoms with Crippen LogP contribution in [0.4, 0.5) is 0 Å². The van der Waals surface area contributed by atoms with Crippen molar-refractivity contribution in [2.24, 2.45) is 5.73 Å². The molecule has 0 saturated carbocycles. The van der Waals surface area contributed by atoms with E-state index in [4.69, 9.17) is 10.3 Å². The fourth-order valence-corrected chi connectivity index (χ4v) is 3.63. The Morgan fingerprint density at radius 3 is 2.16 bits per heavy atom. The van der Waals surface area contributed by atoms with Gasteiger partial charge in [-0.15, -0.1) is 0 Å². The van der Waals surface area contributed by atoms with Crippen molar-refractivity contribution in [3.63, 3.8) is 0 Å². The minimum atomic E-state index is -4.04. The van der Waals surface area contributed by atoms with Crippen LogP contribution in [0.15, 0.2) is 54.6 Å². The number of phenolic OH excluding ortho intramolecular Hbond substituents is 1. The first-order valence-electron chi connectivity index (χ1n) is 10.2. The summed E-state index contributed by atoms with van der Waals surface area (Å²) in [5.41, 5.74) is 7.66. The van der Waals surface area contributed by atoms with Gasteiger partial charge in [-0.2, -0.15) is 8.42 Å². The number of phenols is 1. The van der Waals surface area contributed by atoms with Crippen molar-refractivity contribution >= 4 is 21.9 Å². The molecule has 32 heavy (non-hydrogen) atoms. The van der Waals surface area contributed by atoms with Crippen molar-refractivity contribution in [3.05, 3.63) is 65.7 Å². The summed E-state index contributed by atoms with van der Waals surface area (Å²) in [5, 5.41) is 14.8. The maximum atomic E-state index is 12.7. The second-order valence-corrected chi connectivity index (χ2v) is 9.08. The molecule has 2 atom stereocenters. The van der Waals surface area contributed by atoms with Crippen LogP contribution in [0.2, 0.25) is 0 Å². The van der Waals surface area contributed by atoms with Gasteiger partial charge in [0.1, 0.15) is 11.8 Å². The summed E-state index contributed by atoms with van der Waals surface area (Å²) in [5.74, 6) is -1.21. The Hall–Kier alpha value is -2.95. The maximum Gasteiger partial charge on any atom is 0.264 e. The third-order valence-electron chi connectivity index (χ3n) is 4.77. The standard InChI is InChI=1S/C22H29N3O6S/c23-19(14-16-6-2-1-3-7-16)21(27)25-20(15-17-8-10-18(26)11-9-17)22(28)24-12-4-5-13-32(29,30)31/h1-3,6-11,19-20,26H,4-5,12-15,23H2,(H,24,28)(H,25,27)(H,29,30,31)/t19-,20-/m1/s1. The van der Waals surface area contributed by atoms with Crippen LogP contribution in [0.5, 0.6) is 5.75 Å². The van der Waals surface area contributed by atoms with Crippen molar-refractivity contribution < 1.29 is 27.7 Å². The predicted octanol–water partition coefficient (Wildman–Crippen LogP) is 0.774. The first-order chi connectivity index (χ1) is 15.1. The summed E-state index contributed by atoms with van der Waals surface area (Å²) in [7, 11) is -4.04. The third kappa shape index (κ3) is 9.46. The molecule has 0 aliphatic carbocycles. The van der Waals surface area contributed by atoms with Crippen molar-refractivity contribution in [2.75, 3.05) is 12.3 Å². The van der Waals surface area contributed by atoms with E-state index >= 15 is 0 Å². The number of carbonyl (C=O) groups excluding carboxylic acids is 2. The maximum absolute atomic E-state index is 12.7. The molecular formula is C22H29N3O6S. The van der Waals surface area contributed by atoms with Crippen LogP contribution in [-0.2, 0) is 32.5 Å². The smallest absolute Gasteiger partial charge is 0.264 e. The van der Waals surface area contributed by atoms with E-state index in [1.54, 1.807) is 12.1 Å². The number of rotatable bonds is 12. The van der Waals surface area contributed by atoms with E-state index < -0.39 is 34.0 Å². The predicted molar refractivity (Wildman–Crippen MR) is 121 cm³/mol. The van der Waals surface area contributed by atoms with Crippen LogP contribution in [0.1, 0.15) is 24.0 Å². The molecule has 0 heterocycles. The van der Waals surface area contributed by atoms with Gasteiger partial charge in [0.25, 0.3) is 10.1 Å². The van der Waals surface area contributed by atoms with E-state index in [1.807, 2.05) is 30.3 Å². The average Bonchev–Trinajstić information content (AvgIpc) is 2.74. The first-order valence-corrected chi connectivity index (χ1v) is 11.9. The normalized spacial score (nSPS) is 13.2. The molecule has 174 valence electrons. The molecule has 0 fully saturated rings. The Kier molecular flexibility index (Phi) is 9.63. The summed E-state index contributed by atoms with van der Waals surface area (Å²) >= 11 is 0. The molecule has 2 rings (SSSR count). The zero-order valence-corrected chi connectivity index (χ0v) is 18.4. The summed E-state index contributed by atoms with van der Waals surface area (Å²) in [6.07, 6.45) is 1.03. The number of unbranched alkanes of at least 4 members (excludes halogenated alkanes) is 1. The monoisotopic (exact) mass is 463 g/mol. The van der Waals surface area contributed by atoms with Crippen LogP contribution >= 0.6 is 0 Å². The van der Waals surface area contributed by atoms with Gasteiger partial charge in [-0.05, 0) is 42.5 Å². The molecule has 0 bridgehead atoms. The van der Waals surface area contributed by atoms with Crippen molar-refractivity contribution in [1.29, 1.82) is 0 Å². The summed E-state index contributed by atoms with van der Waals surface area (Å²) in [6, 6.07) is 13.8. The highest BCUT2D eigenvalue weighted by atomic mass is 32.2. The lowest BCUT2D eigenvalue weighted by molar-refractivity contribution is -0.129. The van der Waals surface area contributed by atoms with Crippen LogP contribution in [0.3, 0.4) is 0 Å². The lowest BCUT2D eigenvalue weighted by atomic mass is 10.0. The summed E-state index contributed by atoms with van der Waals surface area (Å²) in [4.78, 5) is 25.3. The van der Waals surface area contributed by atoms with E-state index in [0.29, 0.717) is 12.8 Å². The fourth-order valence-electron chi connectivity index (χ4n) is 3.06. The van der Waals surface area contributed by atoms with Gasteiger partial charge in [-0.25, -0.2) is 0 Å². The van der Waals surface area contributed by atoms with Crippen molar-refractivity contribution in [1.82, 2.24) is 10.6 Å². The van der Waals surface area contributed by atoms with Gasteiger partial charge in [0, 0.05) is 13.0 Å². The lowest BCUT2D eigenvalue weighted by Crippen LogP contribution is -2.53.